The van der Waals surface area contributed by atoms with Crippen LogP contribution in [0.15, 0.2) is 18.2 Å². The summed E-state index contributed by atoms with van der Waals surface area (Å²) in [5, 5.41) is 3.11. The standard InChI is InChI=1S/C19H27N3O3/c1-14-7-8-15(13-17(14)25-2)18(23)21-9-11-22(12-10-21)19(24)20-16-5-3-4-6-16/h7-8,13,16H,3-6,9-12H2,1-2H3,(H,20,24). The Balaban J connectivity index is 1.54. The van der Waals surface area contributed by atoms with E-state index in [4.69, 9.17) is 4.74 Å². The first-order valence-electron chi connectivity index (χ1n) is 9.08. The minimum atomic E-state index is -0.00542. The van der Waals surface area contributed by atoms with Gasteiger partial charge in [-0.3, -0.25) is 4.79 Å². The first-order chi connectivity index (χ1) is 12.1. The van der Waals surface area contributed by atoms with E-state index in [1.807, 2.05) is 28.9 Å². The fourth-order valence-electron chi connectivity index (χ4n) is 3.58. The largest absolute Gasteiger partial charge is 0.496 e. The third-order valence-electron chi connectivity index (χ3n) is 5.19. The highest BCUT2D eigenvalue weighted by Gasteiger charge is 2.27. The van der Waals surface area contributed by atoms with Crippen molar-refractivity contribution < 1.29 is 14.3 Å². The molecule has 2 aliphatic rings. The van der Waals surface area contributed by atoms with Gasteiger partial charge in [0.2, 0.25) is 0 Å². The Hall–Kier alpha value is -2.24. The zero-order valence-electron chi connectivity index (χ0n) is 15.1. The van der Waals surface area contributed by atoms with Crippen molar-refractivity contribution in [2.24, 2.45) is 0 Å². The van der Waals surface area contributed by atoms with E-state index in [-0.39, 0.29) is 11.9 Å². The molecule has 1 N–H and O–H groups in total. The van der Waals surface area contributed by atoms with Gasteiger partial charge in [0.1, 0.15) is 5.75 Å². The Morgan fingerprint density at radius 3 is 2.36 bits per heavy atom. The number of benzene rings is 1. The molecule has 0 radical (unpaired) electrons. The van der Waals surface area contributed by atoms with E-state index in [0.717, 1.165) is 24.2 Å². The van der Waals surface area contributed by atoms with Crippen LogP contribution in [-0.2, 0) is 0 Å². The molecule has 0 aromatic heterocycles. The van der Waals surface area contributed by atoms with Crippen LogP contribution in [-0.4, -0.2) is 61.1 Å². The Morgan fingerprint density at radius 2 is 1.72 bits per heavy atom. The summed E-state index contributed by atoms with van der Waals surface area (Å²) in [6.45, 7) is 4.23. The maximum Gasteiger partial charge on any atom is 0.317 e. The topological polar surface area (TPSA) is 61.9 Å². The number of rotatable bonds is 3. The lowest BCUT2D eigenvalue weighted by molar-refractivity contribution is 0.0663. The number of hydrogen-bond donors (Lipinski definition) is 1. The van der Waals surface area contributed by atoms with Gasteiger partial charge >= 0.3 is 6.03 Å². The summed E-state index contributed by atoms with van der Waals surface area (Å²) in [5.41, 5.74) is 1.64. The molecule has 6 heteroatoms. The Bertz CT molecular complexity index is 633. The van der Waals surface area contributed by atoms with Gasteiger partial charge in [0, 0.05) is 37.8 Å². The molecule has 1 heterocycles. The number of ether oxygens (including phenoxy) is 1. The summed E-state index contributed by atoms with van der Waals surface area (Å²) in [7, 11) is 1.61. The minimum Gasteiger partial charge on any atom is -0.496 e. The molecule has 2 fully saturated rings. The van der Waals surface area contributed by atoms with Crippen molar-refractivity contribution in [3.63, 3.8) is 0 Å². The van der Waals surface area contributed by atoms with Crippen LogP contribution in [0.5, 0.6) is 5.75 Å². The zero-order valence-corrected chi connectivity index (χ0v) is 15.1. The van der Waals surface area contributed by atoms with E-state index in [9.17, 15) is 9.59 Å². The van der Waals surface area contributed by atoms with Gasteiger partial charge in [-0.2, -0.15) is 0 Å². The number of urea groups is 1. The maximum atomic E-state index is 12.7. The normalized spacial score (nSPS) is 18.3. The number of nitrogens with zero attached hydrogens (tertiary/aromatic N) is 2. The van der Waals surface area contributed by atoms with Gasteiger partial charge in [-0.05, 0) is 37.5 Å². The molecule has 0 atom stereocenters. The van der Waals surface area contributed by atoms with Gasteiger partial charge < -0.3 is 19.9 Å². The van der Waals surface area contributed by atoms with Crippen LogP contribution in [0.2, 0.25) is 0 Å². The van der Waals surface area contributed by atoms with E-state index in [1.54, 1.807) is 13.2 Å². The van der Waals surface area contributed by atoms with E-state index in [0.29, 0.717) is 37.8 Å². The van der Waals surface area contributed by atoms with Crippen LogP contribution in [0.4, 0.5) is 4.79 Å². The molecule has 25 heavy (non-hydrogen) atoms. The lowest BCUT2D eigenvalue weighted by Gasteiger charge is -2.35. The molecule has 1 aromatic rings. The molecule has 1 aliphatic carbocycles. The van der Waals surface area contributed by atoms with Gasteiger partial charge in [0.25, 0.3) is 5.91 Å². The summed E-state index contributed by atoms with van der Waals surface area (Å²) < 4.78 is 5.30. The van der Waals surface area contributed by atoms with Gasteiger partial charge in [-0.15, -0.1) is 0 Å². The molecule has 1 aliphatic heterocycles. The van der Waals surface area contributed by atoms with E-state index in [2.05, 4.69) is 5.32 Å². The molecule has 6 nitrogen and oxygen atoms in total. The maximum absolute atomic E-state index is 12.7. The molecular formula is C19H27N3O3. The fraction of sp³-hybridized carbons (Fsp3) is 0.579. The first kappa shape index (κ1) is 17.6. The van der Waals surface area contributed by atoms with Crippen LogP contribution in [0.1, 0.15) is 41.6 Å². The first-order valence-corrected chi connectivity index (χ1v) is 9.08. The predicted molar refractivity (Wildman–Crippen MR) is 96.0 cm³/mol. The number of aryl methyl sites for hydroxylation is 1. The molecule has 1 saturated carbocycles. The number of nitrogens with one attached hydrogen (secondary N) is 1. The highest BCUT2D eigenvalue weighted by atomic mass is 16.5. The van der Waals surface area contributed by atoms with Crippen LogP contribution >= 0.6 is 0 Å². The number of methoxy groups -OCH3 is 1. The number of carbonyl (C=O) groups is 2. The van der Waals surface area contributed by atoms with Crippen molar-refractivity contribution in [2.75, 3.05) is 33.3 Å². The van der Waals surface area contributed by atoms with Crippen molar-refractivity contribution in [3.05, 3.63) is 29.3 Å². The van der Waals surface area contributed by atoms with E-state index >= 15 is 0 Å². The average Bonchev–Trinajstić information content (AvgIpc) is 3.14. The summed E-state index contributed by atoms with van der Waals surface area (Å²) in [6, 6.07) is 5.86. The molecular weight excluding hydrogens is 318 g/mol. The summed E-state index contributed by atoms with van der Waals surface area (Å²) >= 11 is 0. The van der Waals surface area contributed by atoms with Gasteiger partial charge in [-0.1, -0.05) is 18.9 Å². The van der Waals surface area contributed by atoms with Gasteiger partial charge in [-0.25, -0.2) is 4.79 Å². The molecule has 3 rings (SSSR count). The third kappa shape index (κ3) is 4.06. The summed E-state index contributed by atoms with van der Waals surface area (Å²) in [6.07, 6.45) is 4.57. The highest BCUT2D eigenvalue weighted by Crippen LogP contribution is 2.21. The van der Waals surface area contributed by atoms with Crippen LogP contribution in [0.25, 0.3) is 0 Å². The minimum absolute atomic E-state index is 0.00542. The monoisotopic (exact) mass is 345 g/mol. The molecule has 0 unspecified atom stereocenters. The number of piperazine rings is 1. The van der Waals surface area contributed by atoms with Crippen molar-refractivity contribution in [3.8, 4) is 5.75 Å². The Labute approximate surface area is 149 Å². The van der Waals surface area contributed by atoms with Gasteiger partial charge in [0.05, 0.1) is 7.11 Å². The van der Waals surface area contributed by atoms with Crippen LogP contribution in [0.3, 0.4) is 0 Å². The van der Waals surface area contributed by atoms with Crippen molar-refractivity contribution in [2.45, 2.75) is 38.6 Å². The quantitative estimate of drug-likeness (QED) is 0.915. The highest BCUT2D eigenvalue weighted by molar-refractivity contribution is 5.95. The predicted octanol–water partition coefficient (Wildman–Crippen LogP) is 2.41. The van der Waals surface area contributed by atoms with Crippen LogP contribution in [0, 0.1) is 6.92 Å². The molecule has 3 amide bonds. The second-order valence-corrected chi connectivity index (χ2v) is 6.89. The molecule has 0 spiro atoms. The van der Waals surface area contributed by atoms with Crippen molar-refractivity contribution in [1.29, 1.82) is 0 Å². The number of hydrogen-bond acceptors (Lipinski definition) is 3. The summed E-state index contributed by atoms with van der Waals surface area (Å²) in [5.74, 6) is 0.717. The number of amides is 3. The molecule has 1 aromatic carbocycles. The smallest absolute Gasteiger partial charge is 0.317 e. The fourth-order valence-corrected chi connectivity index (χ4v) is 3.58. The average molecular weight is 345 g/mol. The van der Waals surface area contributed by atoms with Gasteiger partial charge in [0.15, 0.2) is 0 Å². The lowest BCUT2D eigenvalue weighted by Crippen LogP contribution is -2.54. The summed E-state index contributed by atoms with van der Waals surface area (Å²) in [4.78, 5) is 28.6. The molecule has 136 valence electrons. The zero-order chi connectivity index (χ0) is 17.8. The molecule has 1 saturated heterocycles. The third-order valence-corrected chi connectivity index (χ3v) is 5.19. The van der Waals surface area contributed by atoms with Crippen molar-refractivity contribution >= 4 is 11.9 Å². The molecule has 0 bridgehead atoms. The second-order valence-electron chi connectivity index (χ2n) is 6.89. The van der Waals surface area contributed by atoms with E-state index in [1.165, 1.54) is 12.8 Å². The second kappa shape index (κ2) is 7.76. The van der Waals surface area contributed by atoms with Crippen LogP contribution < -0.4 is 10.1 Å². The Kier molecular flexibility index (Phi) is 5.46. The van der Waals surface area contributed by atoms with Crippen molar-refractivity contribution in [1.82, 2.24) is 15.1 Å². The Morgan fingerprint density at radius 1 is 1.08 bits per heavy atom. The van der Waals surface area contributed by atoms with E-state index < -0.39 is 0 Å². The SMILES string of the molecule is COc1cc(C(=O)N2CCN(C(=O)NC3CCCC3)CC2)ccc1C. The lowest BCUT2D eigenvalue weighted by atomic mass is 10.1. The number of carbonyl (C=O) groups excluding carboxylic acids is 2.